The Hall–Kier alpha value is -2.33. The van der Waals surface area contributed by atoms with Crippen LogP contribution in [-0.4, -0.2) is 4.98 Å². The maximum absolute atomic E-state index is 14.2. The van der Waals surface area contributed by atoms with Gasteiger partial charge in [0.25, 0.3) is 0 Å². The van der Waals surface area contributed by atoms with E-state index < -0.39 is 0 Å². The number of nitrogens with zero attached hydrogens (tertiary/aromatic N) is 1. The maximum atomic E-state index is 14.2. The second-order valence-corrected chi connectivity index (χ2v) is 5.28. The zero-order chi connectivity index (χ0) is 14.4. The molecule has 4 heteroatoms. The summed E-state index contributed by atoms with van der Waals surface area (Å²) >= 11 is 4.12. The van der Waals surface area contributed by atoms with Gasteiger partial charge in [0.1, 0.15) is 11.4 Å². The summed E-state index contributed by atoms with van der Waals surface area (Å²) in [5.74, 6) is -0.361. The summed E-state index contributed by atoms with van der Waals surface area (Å²) < 4.78 is 19.9. The minimum atomic E-state index is -0.361. The Labute approximate surface area is 125 Å². The van der Waals surface area contributed by atoms with Gasteiger partial charge in [-0.3, -0.25) is 4.98 Å². The van der Waals surface area contributed by atoms with Crippen LogP contribution in [0.3, 0.4) is 0 Å². The number of hydrogen-bond acceptors (Lipinski definition) is 3. The first kappa shape index (κ1) is 12.4. The molecule has 2 nitrogen and oxygen atoms in total. The number of benzene rings is 2. The Balaban J connectivity index is 2.02. The lowest BCUT2D eigenvalue weighted by Gasteiger charge is -2.04. The molecular formula is C17H10FNOS. The number of halogens is 1. The van der Waals surface area contributed by atoms with E-state index in [1.165, 1.54) is 0 Å². The summed E-state index contributed by atoms with van der Waals surface area (Å²) in [5, 5.41) is 1.93. The number of furan rings is 1. The fourth-order valence-corrected chi connectivity index (χ4v) is 2.70. The van der Waals surface area contributed by atoms with E-state index in [9.17, 15) is 4.39 Å². The van der Waals surface area contributed by atoms with Crippen molar-refractivity contribution in [2.75, 3.05) is 0 Å². The average molecular weight is 295 g/mol. The Morgan fingerprint density at radius 1 is 0.952 bits per heavy atom. The highest BCUT2D eigenvalue weighted by molar-refractivity contribution is 7.80. The van der Waals surface area contributed by atoms with Gasteiger partial charge >= 0.3 is 0 Å². The summed E-state index contributed by atoms with van der Waals surface area (Å²) in [4.78, 5) is 4.62. The van der Waals surface area contributed by atoms with Crippen molar-refractivity contribution in [1.82, 2.24) is 4.98 Å². The number of aromatic nitrogens is 1. The van der Waals surface area contributed by atoms with E-state index >= 15 is 0 Å². The predicted molar refractivity (Wildman–Crippen MR) is 84.2 cm³/mol. The monoisotopic (exact) mass is 295 g/mol. The van der Waals surface area contributed by atoms with Gasteiger partial charge < -0.3 is 4.42 Å². The molecule has 0 aliphatic rings. The fraction of sp³-hybridized carbons (Fsp3) is 0. The standard InChI is InChI=1S/C17H10FNOS/c18-17-11(5-3-7-16(17)21)13-8-12-10-4-1-2-6-14(10)20-15(12)9-19-13/h1-9,21H. The Morgan fingerprint density at radius 3 is 2.71 bits per heavy atom. The van der Waals surface area contributed by atoms with Crippen molar-refractivity contribution in [3.8, 4) is 11.3 Å². The Morgan fingerprint density at radius 2 is 1.81 bits per heavy atom. The summed E-state index contributed by atoms with van der Waals surface area (Å²) in [6.07, 6.45) is 1.63. The topological polar surface area (TPSA) is 26.0 Å². The Kier molecular flexibility index (Phi) is 2.72. The van der Waals surface area contributed by atoms with Crippen LogP contribution >= 0.6 is 12.6 Å². The summed E-state index contributed by atoms with van der Waals surface area (Å²) in [5.41, 5.74) is 2.51. The molecular weight excluding hydrogens is 285 g/mol. The molecule has 0 fully saturated rings. The van der Waals surface area contributed by atoms with Crippen molar-refractivity contribution in [2.24, 2.45) is 0 Å². The highest BCUT2D eigenvalue weighted by Gasteiger charge is 2.12. The molecule has 0 saturated carbocycles. The summed E-state index contributed by atoms with van der Waals surface area (Å²) in [6.45, 7) is 0. The number of pyridine rings is 1. The molecule has 0 saturated heterocycles. The van der Waals surface area contributed by atoms with Crippen molar-refractivity contribution in [2.45, 2.75) is 4.90 Å². The molecule has 102 valence electrons. The van der Waals surface area contributed by atoms with E-state index in [0.29, 0.717) is 21.7 Å². The van der Waals surface area contributed by atoms with Gasteiger partial charge in [0.15, 0.2) is 5.58 Å². The zero-order valence-corrected chi connectivity index (χ0v) is 11.8. The first-order valence-electron chi connectivity index (χ1n) is 6.49. The number of para-hydroxylation sites is 1. The largest absolute Gasteiger partial charge is 0.454 e. The van der Waals surface area contributed by atoms with Crippen LogP contribution in [-0.2, 0) is 0 Å². The molecule has 0 N–H and O–H groups in total. The molecule has 0 radical (unpaired) electrons. The lowest BCUT2D eigenvalue weighted by molar-refractivity contribution is 0.605. The Bertz CT molecular complexity index is 977. The third kappa shape index (κ3) is 1.91. The molecule has 21 heavy (non-hydrogen) atoms. The molecule has 2 aromatic carbocycles. The van der Waals surface area contributed by atoms with Gasteiger partial charge in [-0.15, -0.1) is 12.6 Å². The fourth-order valence-electron chi connectivity index (χ4n) is 2.50. The molecule has 0 aliphatic carbocycles. The third-order valence-electron chi connectivity index (χ3n) is 3.52. The highest BCUT2D eigenvalue weighted by Crippen LogP contribution is 2.32. The molecule has 2 heterocycles. The first-order valence-corrected chi connectivity index (χ1v) is 6.94. The van der Waals surface area contributed by atoms with E-state index in [2.05, 4.69) is 17.6 Å². The zero-order valence-electron chi connectivity index (χ0n) is 10.9. The SMILES string of the molecule is Fc1c(S)cccc1-c1cc2c(cn1)oc1ccccc12. The maximum Gasteiger partial charge on any atom is 0.153 e. The van der Waals surface area contributed by atoms with Crippen LogP contribution in [0, 0.1) is 5.82 Å². The van der Waals surface area contributed by atoms with Gasteiger partial charge in [-0.05, 0) is 24.3 Å². The molecule has 4 aromatic rings. The van der Waals surface area contributed by atoms with Gasteiger partial charge in [-0.25, -0.2) is 4.39 Å². The molecule has 0 bridgehead atoms. The van der Waals surface area contributed by atoms with Crippen molar-refractivity contribution in [3.05, 3.63) is 60.5 Å². The van der Waals surface area contributed by atoms with E-state index in [-0.39, 0.29) is 5.82 Å². The van der Waals surface area contributed by atoms with Crippen LogP contribution in [0.5, 0.6) is 0 Å². The van der Waals surface area contributed by atoms with Crippen LogP contribution in [0.2, 0.25) is 0 Å². The molecule has 0 aliphatic heterocycles. The third-order valence-corrected chi connectivity index (χ3v) is 3.86. The van der Waals surface area contributed by atoms with E-state index in [4.69, 9.17) is 4.42 Å². The quantitative estimate of drug-likeness (QED) is 0.496. The molecule has 0 spiro atoms. The molecule has 0 atom stereocenters. The molecule has 2 aromatic heterocycles. The van der Waals surface area contributed by atoms with E-state index in [1.807, 2.05) is 30.3 Å². The number of hydrogen-bond donors (Lipinski definition) is 1. The number of rotatable bonds is 1. The lowest BCUT2D eigenvalue weighted by Crippen LogP contribution is -1.88. The molecule has 4 rings (SSSR count). The van der Waals surface area contributed by atoms with Crippen LogP contribution in [0.15, 0.2) is 64.0 Å². The van der Waals surface area contributed by atoms with Crippen molar-refractivity contribution in [1.29, 1.82) is 0 Å². The van der Waals surface area contributed by atoms with E-state index in [1.54, 1.807) is 24.4 Å². The van der Waals surface area contributed by atoms with Crippen LogP contribution in [0.4, 0.5) is 4.39 Å². The highest BCUT2D eigenvalue weighted by atomic mass is 32.1. The predicted octanol–water partition coefficient (Wildman–Crippen LogP) is 5.08. The van der Waals surface area contributed by atoms with Crippen molar-refractivity contribution in [3.63, 3.8) is 0 Å². The van der Waals surface area contributed by atoms with Gasteiger partial charge in [-0.2, -0.15) is 0 Å². The van der Waals surface area contributed by atoms with Gasteiger partial charge in [0, 0.05) is 21.2 Å². The minimum absolute atomic E-state index is 0.312. The van der Waals surface area contributed by atoms with Crippen LogP contribution < -0.4 is 0 Å². The van der Waals surface area contributed by atoms with Crippen LogP contribution in [0.25, 0.3) is 33.2 Å². The minimum Gasteiger partial charge on any atom is -0.454 e. The average Bonchev–Trinajstić information content (AvgIpc) is 2.88. The number of fused-ring (bicyclic) bond motifs is 3. The normalized spacial score (nSPS) is 11.3. The van der Waals surface area contributed by atoms with Gasteiger partial charge in [-0.1, -0.05) is 24.3 Å². The molecule has 0 amide bonds. The van der Waals surface area contributed by atoms with Gasteiger partial charge in [0.2, 0.25) is 0 Å². The molecule has 0 unspecified atom stereocenters. The van der Waals surface area contributed by atoms with E-state index in [0.717, 1.165) is 16.4 Å². The smallest absolute Gasteiger partial charge is 0.153 e. The first-order chi connectivity index (χ1) is 10.2. The summed E-state index contributed by atoms with van der Waals surface area (Å²) in [6, 6.07) is 14.7. The van der Waals surface area contributed by atoms with Gasteiger partial charge in [0.05, 0.1) is 11.9 Å². The second kappa shape index (κ2) is 4.60. The second-order valence-electron chi connectivity index (χ2n) is 4.80. The summed E-state index contributed by atoms with van der Waals surface area (Å²) in [7, 11) is 0. The van der Waals surface area contributed by atoms with Crippen LogP contribution in [0.1, 0.15) is 0 Å². The van der Waals surface area contributed by atoms with Crippen molar-refractivity contribution < 1.29 is 8.81 Å². The van der Waals surface area contributed by atoms with Crippen molar-refractivity contribution >= 4 is 34.6 Å². The lowest BCUT2D eigenvalue weighted by atomic mass is 10.1. The number of thiol groups is 1.